The van der Waals surface area contributed by atoms with Gasteiger partial charge in [-0.15, -0.1) is 10.2 Å². The number of nitrogens with zero attached hydrogens (tertiary/aromatic N) is 4. The Morgan fingerprint density at radius 1 is 1.24 bits per heavy atom. The summed E-state index contributed by atoms with van der Waals surface area (Å²) in [6.07, 6.45) is 2.65. The van der Waals surface area contributed by atoms with Gasteiger partial charge in [0.2, 0.25) is 5.82 Å². The summed E-state index contributed by atoms with van der Waals surface area (Å²) in [5, 5.41) is 14.1. The highest BCUT2D eigenvalue weighted by Gasteiger charge is 2.12. The summed E-state index contributed by atoms with van der Waals surface area (Å²) in [6.45, 7) is 3.45. The molecule has 17 heavy (non-hydrogen) atoms. The lowest BCUT2D eigenvalue weighted by Gasteiger charge is -2.14. The SMILES string of the molecule is c1cc(CN2CCCC2)cc(-c2nn[nH]n2)c1. The van der Waals surface area contributed by atoms with Gasteiger partial charge < -0.3 is 0 Å². The van der Waals surface area contributed by atoms with E-state index in [1.807, 2.05) is 6.07 Å². The molecule has 0 saturated carbocycles. The topological polar surface area (TPSA) is 57.7 Å². The molecule has 88 valence electrons. The number of rotatable bonds is 3. The molecular formula is C12H15N5. The van der Waals surface area contributed by atoms with Crippen LogP contribution in [0, 0.1) is 0 Å². The van der Waals surface area contributed by atoms with E-state index in [1.54, 1.807) is 0 Å². The van der Waals surface area contributed by atoms with Crippen molar-refractivity contribution >= 4 is 0 Å². The molecule has 0 spiro atoms. The van der Waals surface area contributed by atoms with Gasteiger partial charge in [0.15, 0.2) is 0 Å². The zero-order chi connectivity index (χ0) is 11.5. The first-order chi connectivity index (χ1) is 8.42. The number of H-pyrrole nitrogens is 1. The minimum Gasteiger partial charge on any atom is -0.299 e. The highest BCUT2D eigenvalue weighted by molar-refractivity contribution is 5.54. The Balaban J connectivity index is 1.79. The van der Waals surface area contributed by atoms with Crippen LogP contribution in [0.2, 0.25) is 0 Å². The Kier molecular flexibility index (Phi) is 2.83. The maximum Gasteiger partial charge on any atom is 0.204 e. The average molecular weight is 229 g/mol. The predicted molar refractivity (Wildman–Crippen MR) is 64.1 cm³/mol. The summed E-state index contributed by atoms with van der Waals surface area (Å²) in [5.74, 6) is 0.660. The standard InChI is InChI=1S/C12H15N5/c1-2-7-17(6-1)9-10-4-3-5-11(8-10)12-13-15-16-14-12/h3-5,8H,1-2,6-7,9H2,(H,13,14,15,16). The van der Waals surface area contributed by atoms with Crippen LogP contribution in [0.1, 0.15) is 18.4 Å². The molecule has 2 aromatic rings. The van der Waals surface area contributed by atoms with Gasteiger partial charge in [-0.2, -0.15) is 5.21 Å². The summed E-state index contributed by atoms with van der Waals surface area (Å²) in [7, 11) is 0. The minimum absolute atomic E-state index is 0.660. The summed E-state index contributed by atoms with van der Waals surface area (Å²) in [4.78, 5) is 2.48. The van der Waals surface area contributed by atoms with Crippen molar-refractivity contribution < 1.29 is 0 Å². The Hall–Kier alpha value is -1.75. The van der Waals surface area contributed by atoms with Gasteiger partial charge in [-0.3, -0.25) is 4.90 Å². The molecular weight excluding hydrogens is 214 g/mol. The smallest absolute Gasteiger partial charge is 0.204 e. The highest BCUT2D eigenvalue weighted by atomic mass is 15.5. The van der Waals surface area contributed by atoms with Gasteiger partial charge in [-0.25, -0.2) is 0 Å². The largest absolute Gasteiger partial charge is 0.299 e. The molecule has 5 heteroatoms. The van der Waals surface area contributed by atoms with Gasteiger partial charge in [0.05, 0.1) is 0 Å². The Labute approximate surface area is 99.8 Å². The number of benzene rings is 1. The van der Waals surface area contributed by atoms with Crippen LogP contribution in [-0.4, -0.2) is 38.6 Å². The lowest BCUT2D eigenvalue weighted by molar-refractivity contribution is 0.331. The van der Waals surface area contributed by atoms with Crippen molar-refractivity contribution in [2.75, 3.05) is 13.1 Å². The number of hydrogen-bond donors (Lipinski definition) is 1. The first-order valence-electron chi connectivity index (χ1n) is 5.97. The highest BCUT2D eigenvalue weighted by Crippen LogP contribution is 2.18. The average Bonchev–Trinajstić information content (AvgIpc) is 3.01. The predicted octanol–water partition coefficient (Wildman–Crippen LogP) is 1.46. The molecule has 1 aromatic carbocycles. The number of aromatic nitrogens is 4. The molecule has 0 radical (unpaired) electrons. The van der Waals surface area contributed by atoms with Crippen LogP contribution in [0.4, 0.5) is 0 Å². The van der Waals surface area contributed by atoms with Crippen LogP contribution in [0.15, 0.2) is 24.3 Å². The molecule has 3 rings (SSSR count). The van der Waals surface area contributed by atoms with E-state index in [-0.39, 0.29) is 0 Å². The number of likely N-dealkylation sites (tertiary alicyclic amines) is 1. The van der Waals surface area contributed by atoms with E-state index < -0.39 is 0 Å². The second kappa shape index (κ2) is 4.63. The number of tetrazole rings is 1. The van der Waals surface area contributed by atoms with E-state index in [1.165, 1.54) is 31.5 Å². The summed E-state index contributed by atoms with van der Waals surface area (Å²) < 4.78 is 0. The van der Waals surface area contributed by atoms with Crippen molar-refractivity contribution in [3.05, 3.63) is 29.8 Å². The van der Waals surface area contributed by atoms with Crippen LogP contribution in [0.3, 0.4) is 0 Å². The molecule has 5 nitrogen and oxygen atoms in total. The van der Waals surface area contributed by atoms with E-state index in [4.69, 9.17) is 0 Å². The minimum atomic E-state index is 0.660. The van der Waals surface area contributed by atoms with Gasteiger partial charge in [0, 0.05) is 12.1 Å². The molecule has 0 bridgehead atoms. The number of hydrogen-bond acceptors (Lipinski definition) is 4. The van der Waals surface area contributed by atoms with Crippen LogP contribution in [-0.2, 0) is 6.54 Å². The van der Waals surface area contributed by atoms with Crippen molar-refractivity contribution in [2.45, 2.75) is 19.4 Å². The van der Waals surface area contributed by atoms with Crippen molar-refractivity contribution in [3.63, 3.8) is 0 Å². The normalized spacial score (nSPS) is 16.5. The molecule has 0 amide bonds. The van der Waals surface area contributed by atoms with E-state index in [2.05, 4.69) is 43.7 Å². The fourth-order valence-corrected chi connectivity index (χ4v) is 2.29. The number of aromatic amines is 1. The van der Waals surface area contributed by atoms with E-state index in [0.29, 0.717) is 5.82 Å². The maximum absolute atomic E-state index is 4.00. The molecule has 1 aliphatic rings. The van der Waals surface area contributed by atoms with Gasteiger partial charge in [0.25, 0.3) is 0 Å². The maximum atomic E-state index is 4.00. The Morgan fingerprint density at radius 2 is 2.12 bits per heavy atom. The molecule has 1 aliphatic heterocycles. The summed E-state index contributed by atoms with van der Waals surface area (Å²) in [5.41, 5.74) is 2.34. The zero-order valence-electron chi connectivity index (χ0n) is 9.63. The fourth-order valence-electron chi connectivity index (χ4n) is 2.29. The lowest BCUT2D eigenvalue weighted by atomic mass is 10.1. The van der Waals surface area contributed by atoms with Gasteiger partial charge in [-0.05, 0) is 42.8 Å². The van der Waals surface area contributed by atoms with Crippen molar-refractivity contribution in [1.29, 1.82) is 0 Å². The van der Waals surface area contributed by atoms with Crippen molar-refractivity contribution in [2.24, 2.45) is 0 Å². The zero-order valence-corrected chi connectivity index (χ0v) is 9.63. The van der Waals surface area contributed by atoms with Crippen LogP contribution >= 0.6 is 0 Å². The second-order valence-corrected chi connectivity index (χ2v) is 4.42. The van der Waals surface area contributed by atoms with Gasteiger partial charge in [0.1, 0.15) is 0 Å². The Morgan fingerprint density at radius 3 is 2.88 bits per heavy atom. The van der Waals surface area contributed by atoms with Gasteiger partial charge >= 0.3 is 0 Å². The second-order valence-electron chi connectivity index (χ2n) is 4.42. The summed E-state index contributed by atoms with van der Waals surface area (Å²) in [6, 6.07) is 8.36. The molecule has 0 unspecified atom stereocenters. The van der Waals surface area contributed by atoms with Crippen LogP contribution < -0.4 is 0 Å². The molecule has 1 N–H and O–H groups in total. The number of nitrogens with one attached hydrogen (secondary N) is 1. The first kappa shape index (κ1) is 10.4. The third kappa shape index (κ3) is 2.34. The lowest BCUT2D eigenvalue weighted by Crippen LogP contribution is -2.18. The van der Waals surface area contributed by atoms with E-state index in [9.17, 15) is 0 Å². The monoisotopic (exact) mass is 229 g/mol. The summed E-state index contributed by atoms with van der Waals surface area (Å²) >= 11 is 0. The Bertz CT molecular complexity index is 473. The van der Waals surface area contributed by atoms with Crippen LogP contribution in [0.25, 0.3) is 11.4 Å². The van der Waals surface area contributed by atoms with Crippen molar-refractivity contribution in [3.8, 4) is 11.4 Å². The molecule has 1 fully saturated rings. The van der Waals surface area contributed by atoms with Crippen molar-refractivity contribution in [1.82, 2.24) is 25.5 Å². The van der Waals surface area contributed by atoms with Gasteiger partial charge in [-0.1, -0.05) is 18.2 Å². The third-order valence-corrected chi connectivity index (χ3v) is 3.14. The molecule has 0 aliphatic carbocycles. The molecule has 1 saturated heterocycles. The third-order valence-electron chi connectivity index (χ3n) is 3.14. The molecule has 2 heterocycles. The molecule has 1 aromatic heterocycles. The van der Waals surface area contributed by atoms with Crippen LogP contribution in [0.5, 0.6) is 0 Å². The first-order valence-corrected chi connectivity index (χ1v) is 5.97. The van der Waals surface area contributed by atoms with E-state index >= 15 is 0 Å². The quantitative estimate of drug-likeness (QED) is 0.865. The fraction of sp³-hybridized carbons (Fsp3) is 0.417. The molecule has 0 atom stereocenters. The van der Waals surface area contributed by atoms with E-state index in [0.717, 1.165) is 12.1 Å².